The second kappa shape index (κ2) is 7.55. The quantitative estimate of drug-likeness (QED) is 0.226. The number of fused-ring (bicyclic) bond motifs is 6. The van der Waals surface area contributed by atoms with E-state index in [0.29, 0.717) is 0 Å². The average molecular weight is 477 g/mol. The highest BCUT2D eigenvalue weighted by molar-refractivity contribution is 7.25. The molecule has 0 aliphatic heterocycles. The van der Waals surface area contributed by atoms with Gasteiger partial charge < -0.3 is 4.42 Å². The third kappa shape index (κ3) is 2.82. The van der Waals surface area contributed by atoms with Gasteiger partial charge in [0.05, 0.1) is 0 Å². The van der Waals surface area contributed by atoms with Crippen molar-refractivity contribution in [3.8, 4) is 22.5 Å². The first-order chi connectivity index (χ1) is 17.8. The van der Waals surface area contributed by atoms with Crippen LogP contribution in [0.15, 0.2) is 126 Å². The fourth-order valence-corrected chi connectivity index (χ4v) is 6.81. The lowest BCUT2D eigenvalue weighted by Gasteiger charge is -2.16. The van der Waals surface area contributed by atoms with E-state index >= 15 is 0 Å². The van der Waals surface area contributed by atoms with Crippen LogP contribution in [-0.2, 0) is 0 Å². The lowest BCUT2D eigenvalue weighted by atomic mass is 9.87. The maximum absolute atomic E-state index is 6.63. The maximum Gasteiger partial charge on any atom is 0.136 e. The van der Waals surface area contributed by atoms with Crippen LogP contribution in [0.4, 0.5) is 0 Å². The van der Waals surface area contributed by atoms with Gasteiger partial charge in [-0.25, -0.2) is 0 Å². The van der Waals surface area contributed by atoms with Gasteiger partial charge >= 0.3 is 0 Å². The zero-order chi connectivity index (χ0) is 23.6. The van der Waals surface area contributed by atoms with Crippen LogP contribution in [0.2, 0.25) is 0 Å². The van der Waals surface area contributed by atoms with Gasteiger partial charge in [0.25, 0.3) is 0 Å². The molecule has 0 saturated heterocycles. The fraction of sp³-hybridized carbons (Fsp3) is 0. The number of hydrogen-bond donors (Lipinski definition) is 0. The van der Waals surface area contributed by atoms with Crippen molar-refractivity contribution in [2.24, 2.45) is 0 Å². The van der Waals surface area contributed by atoms with Crippen LogP contribution in [0.5, 0.6) is 0 Å². The molecule has 0 aliphatic carbocycles. The van der Waals surface area contributed by atoms with E-state index in [1.54, 1.807) is 0 Å². The predicted molar refractivity (Wildman–Crippen MR) is 155 cm³/mol. The molecule has 1 nitrogen and oxygen atoms in total. The first kappa shape index (κ1) is 19.9. The Morgan fingerprint density at radius 3 is 1.72 bits per heavy atom. The molecule has 0 radical (unpaired) electrons. The first-order valence-corrected chi connectivity index (χ1v) is 13.0. The Morgan fingerprint density at radius 2 is 1.03 bits per heavy atom. The van der Waals surface area contributed by atoms with Crippen LogP contribution < -0.4 is 0 Å². The molecule has 0 atom stereocenters. The standard InChI is InChI=1S/C34H20OS/c1-2-10-21(11-3-1)33-24-13-4-6-15-26(24)34(27-16-7-5-14-25(27)33)30-19-22-18-28-23-12-8-9-17-31(23)36-32(28)20-29(22)35-30/h1-20H. The van der Waals surface area contributed by atoms with Crippen LogP contribution >= 0.6 is 11.3 Å². The topological polar surface area (TPSA) is 13.1 Å². The first-order valence-electron chi connectivity index (χ1n) is 12.2. The van der Waals surface area contributed by atoms with Gasteiger partial charge in [0.2, 0.25) is 0 Å². The van der Waals surface area contributed by atoms with Crippen LogP contribution in [0, 0.1) is 0 Å². The molecule has 2 heterocycles. The minimum Gasteiger partial charge on any atom is -0.456 e. The molecule has 8 rings (SSSR count). The van der Waals surface area contributed by atoms with E-state index in [4.69, 9.17) is 4.42 Å². The van der Waals surface area contributed by atoms with Crippen LogP contribution in [0.1, 0.15) is 0 Å². The summed E-state index contributed by atoms with van der Waals surface area (Å²) in [6.07, 6.45) is 0. The van der Waals surface area contributed by atoms with E-state index in [2.05, 4.69) is 121 Å². The number of furan rings is 1. The van der Waals surface area contributed by atoms with Crippen LogP contribution in [0.3, 0.4) is 0 Å². The predicted octanol–water partition coefficient (Wildman–Crippen LogP) is 10.4. The fourth-order valence-electron chi connectivity index (χ4n) is 5.69. The Hall–Kier alpha value is -4.40. The van der Waals surface area contributed by atoms with E-state index in [0.717, 1.165) is 22.3 Å². The van der Waals surface area contributed by atoms with E-state index in [1.165, 1.54) is 52.8 Å². The lowest BCUT2D eigenvalue weighted by Crippen LogP contribution is -1.89. The summed E-state index contributed by atoms with van der Waals surface area (Å²) in [6.45, 7) is 0. The van der Waals surface area contributed by atoms with Crippen molar-refractivity contribution in [2.45, 2.75) is 0 Å². The summed E-state index contributed by atoms with van der Waals surface area (Å²) in [5.74, 6) is 0.916. The molecule has 0 bridgehead atoms. The minimum atomic E-state index is 0.916. The molecule has 6 aromatic carbocycles. The van der Waals surface area contributed by atoms with Gasteiger partial charge in [-0.2, -0.15) is 0 Å². The van der Waals surface area contributed by atoms with Gasteiger partial charge in [-0.15, -0.1) is 11.3 Å². The number of hydrogen-bond acceptors (Lipinski definition) is 2. The van der Waals surface area contributed by atoms with E-state index < -0.39 is 0 Å². The summed E-state index contributed by atoms with van der Waals surface area (Å²) in [5, 5.41) is 8.65. The smallest absolute Gasteiger partial charge is 0.136 e. The van der Waals surface area contributed by atoms with Gasteiger partial charge in [-0.05, 0) is 56.9 Å². The zero-order valence-corrected chi connectivity index (χ0v) is 20.2. The number of thiophene rings is 1. The third-order valence-electron chi connectivity index (χ3n) is 7.26. The van der Waals surface area contributed by atoms with Gasteiger partial charge in [0.1, 0.15) is 11.3 Å². The summed E-state index contributed by atoms with van der Waals surface area (Å²) in [4.78, 5) is 0. The van der Waals surface area contributed by atoms with Crippen molar-refractivity contribution in [3.05, 3.63) is 121 Å². The molecule has 0 spiro atoms. The van der Waals surface area contributed by atoms with Crippen LogP contribution in [0.25, 0.3) is 75.1 Å². The molecule has 2 aromatic heterocycles. The summed E-state index contributed by atoms with van der Waals surface area (Å²) >= 11 is 1.83. The average Bonchev–Trinajstić information content (AvgIpc) is 3.51. The second-order valence-electron chi connectivity index (χ2n) is 9.30. The molecule has 0 fully saturated rings. The maximum atomic E-state index is 6.63. The Balaban J connectivity index is 1.46. The van der Waals surface area contributed by atoms with Crippen molar-refractivity contribution < 1.29 is 4.42 Å². The van der Waals surface area contributed by atoms with Crippen molar-refractivity contribution in [1.82, 2.24) is 0 Å². The largest absolute Gasteiger partial charge is 0.456 e. The van der Waals surface area contributed by atoms with Crippen LogP contribution in [-0.4, -0.2) is 0 Å². The second-order valence-corrected chi connectivity index (χ2v) is 10.4. The number of rotatable bonds is 2. The highest BCUT2D eigenvalue weighted by Crippen LogP contribution is 2.45. The lowest BCUT2D eigenvalue weighted by molar-refractivity contribution is 0.633. The number of benzene rings is 6. The Morgan fingerprint density at radius 1 is 0.444 bits per heavy atom. The molecule has 0 unspecified atom stereocenters. The van der Waals surface area contributed by atoms with E-state index in [-0.39, 0.29) is 0 Å². The zero-order valence-electron chi connectivity index (χ0n) is 19.4. The summed E-state index contributed by atoms with van der Waals surface area (Å²) < 4.78 is 9.20. The SMILES string of the molecule is c1ccc(-c2c3ccccc3c(-c3cc4cc5c(cc4o3)sc3ccccc35)c3ccccc23)cc1. The monoisotopic (exact) mass is 476 g/mol. The normalized spacial score (nSPS) is 11.9. The molecule has 0 amide bonds. The van der Waals surface area contributed by atoms with Gasteiger partial charge in [0.15, 0.2) is 0 Å². The van der Waals surface area contributed by atoms with E-state index in [9.17, 15) is 0 Å². The van der Waals surface area contributed by atoms with Gasteiger partial charge in [0, 0.05) is 31.1 Å². The Kier molecular flexibility index (Phi) is 4.16. The Labute approximate surface area is 211 Å². The molecule has 0 N–H and O–H groups in total. The molecule has 36 heavy (non-hydrogen) atoms. The summed E-state index contributed by atoms with van der Waals surface area (Å²) in [7, 11) is 0. The third-order valence-corrected chi connectivity index (χ3v) is 8.39. The highest BCUT2D eigenvalue weighted by atomic mass is 32.1. The molecular weight excluding hydrogens is 456 g/mol. The molecule has 8 aromatic rings. The molecular formula is C34H20OS. The Bertz CT molecular complexity index is 2040. The summed E-state index contributed by atoms with van der Waals surface area (Å²) in [6, 6.07) is 43.5. The molecule has 0 aliphatic rings. The van der Waals surface area contributed by atoms with Gasteiger partial charge in [-0.1, -0.05) is 97.1 Å². The molecule has 0 saturated carbocycles. The molecule has 168 valence electrons. The van der Waals surface area contributed by atoms with Crippen molar-refractivity contribution in [2.75, 3.05) is 0 Å². The van der Waals surface area contributed by atoms with Crippen molar-refractivity contribution in [3.63, 3.8) is 0 Å². The van der Waals surface area contributed by atoms with E-state index in [1.807, 2.05) is 11.3 Å². The minimum absolute atomic E-state index is 0.916. The van der Waals surface area contributed by atoms with Crippen molar-refractivity contribution >= 4 is 64.0 Å². The van der Waals surface area contributed by atoms with Gasteiger partial charge in [-0.3, -0.25) is 0 Å². The van der Waals surface area contributed by atoms with Crippen molar-refractivity contribution in [1.29, 1.82) is 0 Å². The highest BCUT2D eigenvalue weighted by Gasteiger charge is 2.19. The summed E-state index contributed by atoms with van der Waals surface area (Å²) in [5.41, 5.74) is 4.59. The molecule has 2 heteroatoms.